The highest BCUT2D eigenvalue weighted by Gasteiger charge is 2.45. The average Bonchev–Trinajstić information content (AvgIpc) is 2.97. The Morgan fingerprint density at radius 3 is 2.68 bits per heavy atom. The van der Waals surface area contributed by atoms with Crippen molar-refractivity contribution in [2.24, 2.45) is 5.41 Å². The number of hydrogen-bond donors (Lipinski definition) is 3. The molecule has 4 rings (SSSR count). The molecule has 1 aromatic carbocycles. The lowest BCUT2D eigenvalue weighted by Gasteiger charge is -2.18. The van der Waals surface area contributed by atoms with Crippen molar-refractivity contribution in [3.8, 4) is 5.75 Å². The second-order valence-corrected chi connectivity index (χ2v) is 8.63. The zero-order valence-electron chi connectivity index (χ0n) is 13.5. The number of anilines is 1. The van der Waals surface area contributed by atoms with Gasteiger partial charge in [-0.1, -0.05) is 13.0 Å². The fourth-order valence-corrected chi connectivity index (χ4v) is 4.53. The maximum absolute atomic E-state index is 15.1. The van der Waals surface area contributed by atoms with Gasteiger partial charge in [0.1, 0.15) is 18.0 Å². The number of halogens is 1. The van der Waals surface area contributed by atoms with Crippen molar-refractivity contribution >= 4 is 27.4 Å². The van der Waals surface area contributed by atoms with Crippen molar-refractivity contribution in [2.75, 3.05) is 17.4 Å². The van der Waals surface area contributed by atoms with Gasteiger partial charge in [0.25, 0.3) is 5.91 Å². The van der Waals surface area contributed by atoms with E-state index < -0.39 is 39.9 Å². The largest absolute Gasteiger partial charge is 0.506 e. The summed E-state index contributed by atoms with van der Waals surface area (Å²) in [6.07, 6.45) is 4.18. The number of nitrogens with zero attached hydrogens (tertiary/aromatic N) is 1. The molecule has 2 heterocycles. The van der Waals surface area contributed by atoms with E-state index in [0.29, 0.717) is 16.4 Å². The summed E-state index contributed by atoms with van der Waals surface area (Å²) in [4.78, 5) is 11.4. The maximum Gasteiger partial charge on any atom is 0.326 e. The van der Waals surface area contributed by atoms with Gasteiger partial charge in [0.15, 0.2) is 5.82 Å². The van der Waals surface area contributed by atoms with Crippen LogP contribution in [0.15, 0.2) is 18.2 Å². The molecule has 0 aromatic heterocycles. The van der Waals surface area contributed by atoms with E-state index in [1.54, 1.807) is 4.72 Å². The number of amides is 1. The van der Waals surface area contributed by atoms with Crippen molar-refractivity contribution in [1.29, 1.82) is 0 Å². The van der Waals surface area contributed by atoms with E-state index in [4.69, 9.17) is 0 Å². The van der Waals surface area contributed by atoms with Crippen LogP contribution in [-0.4, -0.2) is 38.6 Å². The predicted molar refractivity (Wildman–Crippen MR) is 89.6 cm³/mol. The minimum atomic E-state index is -4.20. The Morgan fingerprint density at radius 1 is 1.36 bits per heavy atom. The first-order chi connectivity index (χ1) is 11.7. The predicted octanol–water partition coefficient (Wildman–Crippen LogP) is 0.868. The molecule has 25 heavy (non-hydrogen) atoms. The van der Waals surface area contributed by atoms with Crippen LogP contribution in [0.5, 0.6) is 5.75 Å². The van der Waals surface area contributed by atoms with Gasteiger partial charge in [-0.3, -0.25) is 4.79 Å². The van der Waals surface area contributed by atoms with Crippen LogP contribution in [-0.2, 0) is 15.0 Å². The van der Waals surface area contributed by atoms with Gasteiger partial charge in [-0.25, -0.2) is 13.4 Å². The lowest BCUT2D eigenvalue weighted by Crippen LogP contribution is -2.30. The van der Waals surface area contributed by atoms with E-state index in [2.05, 4.69) is 12.2 Å². The van der Waals surface area contributed by atoms with Crippen LogP contribution < -0.4 is 14.3 Å². The Morgan fingerprint density at radius 2 is 2.08 bits per heavy atom. The first kappa shape index (κ1) is 16.3. The number of phenols is 1. The third-order valence-electron chi connectivity index (χ3n) is 5.18. The minimum absolute atomic E-state index is 0.151. The van der Waals surface area contributed by atoms with Crippen molar-refractivity contribution in [2.45, 2.75) is 25.8 Å². The number of carbonyl (C=O) groups excluding carboxylic acids is 1. The molecule has 1 unspecified atom stereocenters. The smallest absolute Gasteiger partial charge is 0.326 e. The first-order valence-electron chi connectivity index (χ1n) is 8.00. The summed E-state index contributed by atoms with van der Waals surface area (Å²) in [6.45, 7) is 2.07. The highest BCUT2D eigenvalue weighted by molar-refractivity contribution is 7.92. The Hall–Kier alpha value is -2.13. The standard InChI is InChI=1S/C16H18FN3O4S/c1-16(4-5-16)12-6-9(7-18-12)10-2-3-11(21)15(14(10)17)20-8-13(22)19-25(20,23)24/h2-3,6,12,18,21H,4-5,7-8H2,1H3,(H,19,22). The van der Waals surface area contributed by atoms with Gasteiger partial charge in [0.2, 0.25) is 0 Å². The average molecular weight is 367 g/mol. The molecule has 0 bridgehead atoms. The second-order valence-electron chi connectivity index (χ2n) is 7.04. The Kier molecular flexibility index (Phi) is 3.39. The monoisotopic (exact) mass is 367 g/mol. The van der Waals surface area contributed by atoms with Gasteiger partial charge >= 0.3 is 10.2 Å². The zero-order valence-corrected chi connectivity index (χ0v) is 14.4. The summed E-state index contributed by atoms with van der Waals surface area (Å²) < 4.78 is 41.4. The van der Waals surface area contributed by atoms with Gasteiger partial charge in [-0.2, -0.15) is 8.42 Å². The van der Waals surface area contributed by atoms with Crippen LogP contribution >= 0.6 is 0 Å². The molecule has 3 N–H and O–H groups in total. The van der Waals surface area contributed by atoms with Crippen LogP contribution in [0.25, 0.3) is 5.57 Å². The lowest BCUT2D eigenvalue weighted by atomic mass is 9.97. The molecule has 1 amide bonds. The number of rotatable bonds is 3. The van der Waals surface area contributed by atoms with E-state index >= 15 is 4.39 Å². The summed E-state index contributed by atoms with van der Waals surface area (Å²) in [7, 11) is -4.20. The number of phenolic OH excluding ortho intramolecular Hbond substituents is 1. The van der Waals surface area contributed by atoms with E-state index in [1.165, 1.54) is 12.1 Å². The molecule has 1 saturated heterocycles. The van der Waals surface area contributed by atoms with Gasteiger partial charge in [0.05, 0.1) is 0 Å². The molecule has 0 spiro atoms. The molecule has 3 aliphatic rings. The molecule has 134 valence electrons. The summed E-state index contributed by atoms with van der Waals surface area (Å²) >= 11 is 0. The first-order valence-corrected chi connectivity index (χ1v) is 9.44. The number of benzene rings is 1. The fourth-order valence-electron chi connectivity index (χ4n) is 3.37. The second kappa shape index (κ2) is 5.18. The van der Waals surface area contributed by atoms with Gasteiger partial charge in [-0.15, -0.1) is 0 Å². The van der Waals surface area contributed by atoms with Crippen LogP contribution in [0.3, 0.4) is 0 Å². The van der Waals surface area contributed by atoms with Crippen LogP contribution in [0.2, 0.25) is 0 Å². The number of nitrogens with one attached hydrogen (secondary N) is 2. The van der Waals surface area contributed by atoms with Crippen LogP contribution in [0.1, 0.15) is 25.3 Å². The van der Waals surface area contributed by atoms with E-state index in [9.17, 15) is 18.3 Å². The number of hydrogen-bond acceptors (Lipinski definition) is 5. The molecule has 7 nitrogen and oxygen atoms in total. The quantitative estimate of drug-likeness (QED) is 0.736. The highest BCUT2D eigenvalue weighted by atomic mass is 32.2. The molecule has 0 radical (unpaired) electrons. The zero-order chi connectivity index (χ0) is 18.0. The maximum atomic E-state index is 15.1. The van der Waals surface area contributed by atoms with Crippen molar-refractivity contribution in [3.63, 3.8) is 0 Å². The van der Waals surface area contributed by atoms with Gasteiger partial charge in [0, 0.05) is 18.2 Å². The Labute approximate surface area is 144 Å². The molecular formula is C16H18FN3O4S. The molecule has 1 aliphatic carbocycles. The Bertz CT molecular complexity index is 908. The summed E-state index contributed by atoms with van der Waals surface area (Å²) in [5.41, 5.74) is 0.624. The molecule has 9 heteroatoms. The molecular weight excluding hydrogens is 349 g/mol. The Balaban J connectivity index is 1.76. The normalized spacial score (nSPS) is 26.5. The fraction of sp³-hybridized carbons (Fsp3) is 0.438. The third kappa shape index (κ3) is 2.58. The molecule has 2 fully saturated rings. The SMILES string of the molecule is CC1(C2C=C(c3ccc(O)c(N4CC(=O)NS4(=O)=O)c3F)CN2)CC1. The summed E-state index contributed by atoms with van der Waals surface area (Å²) in [5.74, 6) is -2.15. The van der Waals surface area contributed by atoms with Gasteiger partial charge < -0.3 is 10.4 Å². The third-order valence-corrected chi connectivity index (χ3v) is 6.56. The number of carbonyl (C=O) groups is 1. The molecule has 1 saturated carbocycles. The van der Waals surface area contributed by atoms with Crippen molar-refractivity contribution in [1.82, 2.24) is 10.0 Å². The highest BCUT2D eigenvalue weighted by Crippen LogP contribution is 2.50. The van der Waals surface area contributed by atoms with E-state index in [1.807, 2.05) is 6.08 Å². The van der Waals surface area contributed by atoms with Crippen molar-refractivity contribution in [3.05, 3.63) is 29.6 Å². The van der Waals surface area contributed by atoms with Gasteiger partial charge in [-0.05, 0) is 36.0 Å². The van der Waals surface area contributed by atoms with E-state index in [-0.39, 0.29) is 17.0 Å². The topological polar surface area (TPSA) is 98.7 Å². The summed E-state index contributed by atoms with van der Waals surface area (Å²) in [5, 5.41) is 13.4. The van der Waals surface area contributed by atoms with Crippen molar-refractivity contribution < 1.29 is 22.7 Å². The van der Waals surface area contributed by atoms with E-state index in [0.717, 1.165) is 12.8 Å². The lowest BCUT2D eigenvalue weighted by molar-refractivity contribution is -0.117. The summed E-state index contributed by atoms with van der Waals surface area (Å²) in [6, 6.07) is 2.83. The van der Waals surface area contributed by atoms with Crippen LogP contribution in [0.4, 0.5) is 10.1 Å². The number of aromatic hydroxyl groups is 1. The molecule has 1 atom stereocenters. The van der Waals surface area contributed by atoms with Crippen LogP contribution in [0, 0.1) is 11.2 Å². The molecule has 1 aromatic rings. The minimum Gasteiger partial charge on any atom is -0.506 e. The molecule has 2 aliphatic heterocycles.